The SMILES string of the molecule is O=C(NCc1ccccc1N1CCOCC1)N1CCCC(CO)C1. The van der Waals surface area contributed by atoms with E-state index in [2.05, 4.69) is 22.3 Å². The van der Waals surface area contributed by atoms with Crippen LogP contribution in [0.1, 0.15) is 18.4 Å². The van der Waals surface area contributed by atoms with Crippen LogP contribution in [-0.4, -0.2) is 62.0 Å². The lowest BCUT2D eigenvalue weighted by molar-refractivity contribution is 0.122. The van der Waals surface area contributed by atoms with E-state index in [-0.39, 0.29) is 18.6 Å². The van der Waals surface area contributed by atoms with Crippen LogP contribution in [0.3, 0.4) is 0 Å². The molecule has 132 valence electrons. The highest BCUT2D eigenvalue weighted by Gasteiger charge is 2.23. The first-order valence-electron chi connectivity index (χ1n) is 8.82. The highest BCUT2D eigenvalue weighted by atomic mass is 16.5. The van der Waals surface area contributed by atoms with E-state index in [9.17, 15) is 9.90 Å². The fraction of sp³-hybridized carbons (Fsp3) is 0.611. The number of carbonyl (C=O) groups is 1. The van der Waals surface area contributed by atoms with Crippen molar-refractivity contribution in [3.63, 3.8) is 0 Å². The highest BCUT2D eigenvalue weighted by Crippen LogP contribution is 2.22. The normalized spacial score (nSPS) is 21.6. The van der Waals surface area contributed by atoms with Gasteiger partial charge in [-0.3, -0.25) is 0 Å². The van der Waals surface area contributed by atoms with Crippen LogP contribution in [-0.2, 0) is 11.3 Å². The van der Waals surface area contributed by atoms with Crippen molar-refractivity contribution < 1.29 is 14.6 Å². The minimum Gasteiger partial charge on any atom is -0.396 e. The molecule has 2 fully saturated rings. The minimum atomic E-state index is -0.0371. The smallest absolute Gasteiger partial charge is 0.317 e. The van der Waals surface area contributed by atoms with Crippen LogP contribution in [0.2, 0.25) is 0 Å². The van der Waals surface area contributed by atoms with E-state index in [4.69, 9.17) is 4.74 Å². The topological polar surface area (TPSA) is 65.0 Å². The number of hydrogen-bond acceptors (Lipinski definition) is 4. The molecule has 2 heterocycles. The number of nitrogens with zero attached hydrogens (tertiary/aromatic N) is 2. The minimum absolute atomic E-state index is 0.0371. The number of aliphatic hydroxyl groups is 1. The van der Waals surface area contributed by atoms with Crippen LogP contribution >= 0.6 is 0 Å². The van der Waals surface area contributed by atoms with Gasteiger partial charge in [-0.15, -0.1) is 0 Å². The van der Waals surface area contributed by atoms with Gasteiger partial charge in [-0.1, -0.05) is 18.2 Å². The van der Waals surface area contributed by atoms with Gasteiger partial charge in [0.2, 0.25) is 0 Å². The number of rotatable bonds is 4. The summed E-state index contributed by atoms with van der Waals surface area (Å²) in [4.78, 5) is 16.6. The summed E-state index contributed by atoms with van der Waals surface area (Å²) in [5.74, 6) is 0.213. The Hall–Kier alpha value is -1.79. The van der Waals surface area contributed by atoms with Crippen LogP contribution in [0.4, 0.5) is 10.5 Å². The highest BCUT2D eigenvalue weighted by molar-refractivity contribution is 5.74. The molecule has 24 heavy (non-hydrogen) atoms. The van der Waals surface area contributed by atoms with E-state index in [1.54, 1.807) is 0 Å². The maximum Gasteiger partial charge on any atom is 0.317 e. The monoisotopic (exact) mass is 333 g/mol. The summed E-state index contributed by atoms with van der Waals surface area (Å²) in [6.45, 7) is 5.36. The van der Waals surface area contributed by atoms with Crippen molar-refractivity contribution >= 4 is 11.7 Å². The zero-order chi connectivity index (χ0) is 16.8. The number of morpholine rings is 1. The van der Waals surface area contributed by atoms with Crippen molar-refractivity contribution in [1.29, 1.82) is 0 Å². The molecule has 1 aromatic carbocycles. The van der Waals surface area contributed by atoms with Gasteiger partial charge in [0.25, 0.3) is 0 Å². The number of benzene rings is 1. The van der Waals surface area contributed by atoms with E-state index >= 15 is 0 Å². The molecule has 6 heteroatoms. The third-order valence-corrected chi connectivity index (χ3v) is 4.84. The van der Waals surface area contributed by atoms with Gasteiger partial charge in [-0.05, 0) is 30.4 Å². The first-order chi connectivity index (χ1) is 11.8. The summed E-state index contributed by atoms with van der Waals surface area (Å²) in [6, 6.07) is 8.18. The molecule has 1 unspecified atom stereocenters. The summed E-state index contributed by atoms with van der Waals surface area (Å²) in [7, 11) is 0. The number of carbonyl (C=O) groups excluding carboxylic acids is 1. The van der Waals surface area contributed by atoms with E-state index in [1.807, 2.05) is 17.0 Å². The molecule has 3 rings (SSSR count). The molecular weight excluding hydrogens is 306 g/mol. The predicted molar refractivity (Wildman–Crippen MR) is 93.1 cm³/mol. The lowest BCUT2D eigenvalue weighted by Crippen LogP contribution is -2.46. The summed E-state index contributed by atoms with van der Waals surface area (Å²) >= 11 is 0. The van der Waals surface area contributed by atoms with Crippen LogP contribution in [0, 0.1) is 5.92 Å². The number of piperidine rings is 1. The Kier molecular flexibility index (Phi) is 5.93. The fourth-order valence-corrected chi connectivity index (χ4v) is 3.45. The van der Waals surface area contributed by atoms with E-state index < -0.39 is 0 Å². The molecule has 2 N–H and O–H groups in total. The fourth-order valence-electron chi connectivity index (χ4n) is 3.45. The van der Waals surface area contributed by atoms with E-state index in [0.29, 0.717) is 13.1 Å². The summed E-state index contributed by atoms with van der Waals surface area (Å²) < 4.78 is 5.42. The molecule has 0 bridgehead atoms. The first kappa shape index (κ1) is 17.0. The second-order valence-electron chi connectivity index (χ2n) is 6.52. The van der Waals surface area contributed by atoms with Gasteiger partial charge in [0.15, 0.2) is 0 Å². The third-order valence-electron chi connectivity index (χ3n) is 4.84. The van der Waals surface area contributed by atoms with Crippen molar-refractivity contribution in [1.82, 2.24) is 10.2 Å². The van der Waals surface area contributed by atoms with E-state index in [0.717, 1.165) is 51.3 Å². The zero-order valence-electron chi connectivity index (χ0n) is 14.1. The Labute approximate surface area is 143 Å². The summed E-state index contributed by atoms with van der Waals surface area (Å²) in [5.41, 5.74) is 2.30. The van der Waals surface area contributed by atoms with Gasteiger partial charge in [0, 0.05) is 45.0 Å². The lowest BCUT2D eigenvalue weighted by atomic mass is 9.99. The average molecular weight is 333 g/mol. The Morgan fingerprint density at radius 3 is 2.83 bits per heavy atom. The summed E-state index contributed by atoms with van der Waals surface area (Å²) in [6.07, 6.45) is 1.96. The molecule has 6 nitrogen and oxygen atoms in total. The number of amides is 2. The van der Waals surface area contributed by atoms with Crippen molar-refractivity contribution in [2.45, 2.75) is 19.4 Å². The molecule has 1 atom stereocenters. The maximum atomic E-state index is 12.4. The molecule has 0 aliphatic carbocycles. The number of hydrogen-bond donors (Lipinski definition) is 2. The standard InChI is InChI=1S/C18H27N3O3/c22-14-15-4-3-7-21(13-15)18(23)19-12-16-5-1-2-6-17(16)20-8-10-24-11-9-20/h1-2,5-6,15,22H,3-4,7-14H2,(H,19,23). The maximum absolute atomic E-state index is 12.4. The van der Waals surface area contributed by atoms with Gasteiger partial charge in [0.1, 0.15) is 0 Å². The Balaban J connectivity index is 1.59. The van der Waals surface area contributed by atoms with Crippen molar-refractivity contribution in [3.05, 3.63) is 29.8 Å². The molecule has 2 aliphatic heterocycles. The predicted octanol–water partition coefficient (Wildman–Crippen LogP) is 1.44. The molecular formula is C18H27N3O3. The Morgan fingerprint density at radius 1 is 1.25 bits per heavy atom. The first-order valence-corrected chi connectivity index (χ1v) is 8.82. The van der Waals surface area contributed by atoms with Gasteiger partial charge in [-0.25, -0.2) is 4.79 Å². The molecule has 0 spiro atoms. The number of ether oxygens (including phenoxy) is 1. The number of aliphatic hydroxyl groups excluding tert-OH is 1. The van der Waals surface area contributed by atoms with Crippen molar-refractivity contribution in [2.24, 2.45) is 5.92 Å². The van der Waals surface area contributed by atoms with Crippen molar-refractivity contribution in [3.8, 4) is 0 Å². The van der Waals surface area contributed by atoms with Crippen molar-refractivity contribution in [2.75, 3.05) is 50.9 Å². The van der Waals surface area contributed by atoms with Gasteiger partial charge in [-0.2, -0.15) is 0 Å². The molecule has 2 saturated heterocycles. The van der Waals surface area contributed by atoms with Gasteiger partial charge in [0.05, 0.1) is 13.2 Å². The molecule has 0 radical (unpaired) electrons. The number of urea groups is 1. The number of likely N-dealkylation sites (tertiary alicyclic amines) is 1. The van der Waals surface area contributed by atoms with Crippen LogP contribution in [0.15, 0.2) is 24.3 Å². The quantitative estimate of drug-likeness (QED) is 0.875. The van der Waals surface area contributed by atoms with Crippen LogP contribution in [0.5, 0.6) is 0 Å². The van der Waals surface area contributed by atoms with Gasteiger partial charge < -0.3 is 25.0 Å². The van der Waals surface area contributed by atoms with E-state index in [1.165, 1.54) is 5.69 Å². The van der Waals surface area contributed by atoms with Crippen LogP contribution < -0.4 is 10.2 Å². The lowest BCUT2D eigenvalue weighted by Gasteiger charge is -2.33. The number of para-hydroxylation sites is 1. The third kappa shape index (κ3) is 4.19. The largest absolute Gasteiger partial charge is 0.396 e. The average Bonchev–Trinajstić information content (AvgIpc) is 2.67. The Bertz CT molecular complexity index is 546. The molecule has 2 aliphatic rings. The number of nitrogens with one attached hydrogen (secondary N) is 1. The summed E-state index contributed by atoms with van der Waals surface area (Å²) in [5, 5.41) is 12.3. The van der Waals surface area contributed by atoms with Gasteiger partial charge >= 0.3 is 6.03 Å². The molecule has 0 saturated carbocycles. The second kappa shape index (κ2) is 8.35. The molecule has 2 amide bonds. The Morgan fingerprint density at radius 2 is 2.04 bits per heavy atom. The molecule has 0 aromatic heterocycles. The second-order valence-corrected chi connectivity index (χ2v) is 6.52. The molecule has 1 aromatic rings. The number of anilines is 1. The zero-order valence-corrected chi connectivity index (χ0v) is 14.1. The van der Waals surface area contributed by atoms with Crippen LogP contribution in [0.25, 0.3) is 0 Å².